The first-order chi connectivity index (χ1) is 8.97. The summed E-state index contributed by atoms with van der Waals surface area (Å²) >= 11 is 12.0. The van der Waals surface area contributed by atoms with Crippen molar-refractivity contribution in [3.63, 3.8) is 0 Å². The van der Waals surface area contributed by atoms with Crippen LogP contribution in [0.25, 0.3) is 11.1 Å². The number of phenolic OH excluding ortho intramolecular Hbond substituents is 1. The van der Waals surface area contributed by atoms with Crippen LogP contribution in [0.3, 0.4) is 0 Å². The quantitative estimate of drug-likeness (QED) is 0.904. The van der Waals surface area contributed by atoms with Crippen LogP contribution >= 0.6 is 23.2 Å². The maximum absolute atomic E-state index is 9.49. The summed E-state index contributed by atoms with van der Waals surface area (Å²) in [6.45, 7) is 3.88. The maximum Gasteiger partial charge on any atom is 0.138 e. The van der Waals surface area contributed by atoms with E-state index in [1.165, 1.54) is 6.07 Å². The predicted molar refractivity (Wildman–Crippen MR) is 77.1 cm³/mol. The number of phenols is 1. The van der Waals surface area contributed by atoms with Crippen LogP contribution in [0.15, 0.2) is 30.6 Å². The van der Waals surface area contributed by atoms with Gasteiger partial charge in [-0.3, -0.25) is 4.98 Å². The predicted octanol–water partition coefficient (Wildman–Crippen LogP) is 4.55. The molecular weight excluding hydrogens is 285 g/mol. The number of aromatic hydroxyl groups is 1. The van der Waals surface area contributed by atoms with Crippen molar-refractivity contribution >= 4 is 23.2 Å². The minimum Gasteiger partial charge on any atom is -0.506 e. The van der Waals surface area contributed by atoms with Crippen LogP contribution in [0.1, 0.15) is 13.8 Å². The summed E-state index contributed by atoms with van der Waals surface area (Å²) in [5.41, 5.74) is 1.48. The highest BCUT2D eigenvalue weighted by molar-refractivity contribution is 6.36. The Morgan fingerprint density at radius 1 is 1.11 bits per heavy atom. The minimum atomic E-state index is -0.0436. The number of ether oxygens (including phenoxy) is 1. The summed E-state index contributed by atoms with van der Waals surface area (Å²) in [5, 5.41) is 10.1. The molecule has 2 aromatic rings. The van der Waals surface area contributed by atoms with Crippen LogP contribution in [0.4, 0.5) is 0 Å². The Kier molecular flexibility index (Phi) is 4.17. The molecule has 0 atom stereocenters. The van der Waals surface area contributed by atoms with Crippen molar-refractivity contribution in [1.29, 1.82) is 0 Å². The van der Waals surface area contributed by atoms with Crippen molar-refractivity contribution in [2.45, 2.75) is 20.0 Å². The van der Waals surface area contributed by atoms with Gasteiger partial charge in [-0.15, -0.1) is 0 Å². The lowest BCUT2D eigenvalue weighted by Crippen LogP contribution is -2.05. The second kappa shape index (κ2) is 5.68. The van der Waals surface area contributed by atoms with Gasteiger partial charge in [-0.2, -0.15) is 0 Å². The summed E-state index contributed by atoms with van der Waals surface area (Å²) in [4.78, 5) is 4.12. The summed E-state index contributed by atoms with van der Waals surface area (Å²) in [5.74, 6) is 0.616. The number of halogens is 2. The second-order valence-electron chi connectivity index (χ2n) is 4.36. The van der Waals surface area contributed by atoms with E-state index >= 15 is 0 Å². The topological polar surface area (TPSA) is 42.4 Å². The molecule has 3 nitrogen and oxygen atoms in total. The van der Waals surface area contributed by atoms with Crippen molar-refractivity contribution in [2.24, 2.45) is 0 Å². The Labute approximate surface area is 121 Å². The Balaban J connectivity index is 2.44. The Hall–Kier alpha value is -1.45. The summed E-state index contributed by atoms with van der Waals surface area (Å²) in [6.07, 6.45) is 3.37. The number of hydrogen-bond donors (Lipinski definition) is 1. The molecule has 0 spiro atoms. The molecule has 0 unspecified atom stereocenters. The molecular formula is C14H13Cl2NO2. The second-order valence-corrected chi connectivity index (χ2v) is 5.17. The van der Waals surface area contributed by atoms with Gasteiger partial charge in [0.05, 0.1) is 22.3 Å². The molecule has 0 saturated carbocycles. The Bertz CT molecular complexity index is 600. The van der Waals surface area contributed by atoms with E-state index < -0.39 is 0 Å². The number of benzene rings is 1. The lowest BCUT2D eigenvalue weighted by atomic mass is 10.1. The molecule has 0 fully saturated rings. The molecule has 0 amide bonds. The van der Waals surface area contributed by atoms with Crippen molar-refractivity contribution < 1.29 is 9.84 Å². The first kappa shape index (κ1) is 14.0. The summed E-state index contributed by atoms with van der Waals surface area (Å²) in [7, 11) is 0. The van der Waals surface area contributed by atoms with Gasteiger partial charge in [0.25, 0.3) is 0 Å². The average Bonchev–Trinajstić information content (AvgIpc) is 2.33. The number of pyridine rings is 1. The fraction of sp³-hybridized carbons (Fsp3) is 0.214. The van der Waals surface area contributed by atoms with Gasteiger partial charge >= 0.3 is 0 Å². The van der Waals surface area contributed by atoms with E-state index in [9.17, 15) is 5.11 Å². The SMILES string of the molecule is CC(C)Oc1cncc(-c2cc(Cl)c(O)cc2Cl)c1. The zero-order valence-corrected chi connectivity index (χ0v) is 12.0. The minimum absolute atomic E-state index is 0.0436. The Morgan fingerprint density at radius 3 is 2.53 bits per heavy atom. The van der Waals surface area contributed by atoms with E-state index in [2.05, 4.69) is 4.98 Å². The fourth-order valence-corrected chi connectivity index (χ4v) is 2.09. The van der Waals surface area contributed by atoms with Gasteiger partial charge in [0.15, 0.2) is 0 Å². The molecule has 1 aromatic carbocycles. The molecule has 0 aliphatic rings. The van der Waals surface area contributed by atoms with Gasteiger partial charge in [-0.05, 0) is 26.0 Å². The van der Waals surface area contributed by atoms with Gasteiger partial charge in [-0.1, -0.05) is 23.2 Å². The highest BCUT2D eigenvalue weighted by Crippen LogP contribution is 2.36. The van der Waals surface area contributed by atoms with Gasteiger partial charge in [0.1, 0.15) is 11.5 Å². The van der Waals surface area contributed by atoms with Gasteiger partial charge in [0, 0.05) is 23.4 Å². The molecule has 1 heterocycles. The Morgan fingerprint density at radius 2 is 1.84 bits per heavy atom. The first-order valence-electron chi connectivity index (χ1n) is 5.77. The average molecular weight is 298 g/mol. The van der Waals surface area contributed by atoms with Gasteiger partial charge in [-0.25, -0.2) is 0 Å². The number of nitrogens with zero attached hydrogens (tertiary/aromatic N) is 1. The van der Waals surface area contributed by atoms with E-state index in [1.54, 1.807) is 18.5 Å². The highest BCUT2D eigenvalue weighted by Gasteiger charge is 2.10. The van der Waals surface area contributed by atoms with Gasteiger partial charge in [0.2, 0.25) is 0 Å². The zero-order valence-electron chi connectivity index (χ0n) is 10.5. The standard InChI is InChI=1S/C14H13Cl2NO2/c1-8(2)19-10-3-9(6-17-7-10)11-4-13(16)14(18)5-12(11)15/h3-8,18H,1-2H3. The zero-order chi connectivity index (χ0) is 14.0. The first-order valence-corrected chi connectivity index (χ1v) is 6.53. The number of hydrogen-bond acceptors (Lipinski definition) is 3. The van der Waals surface area contributed by atoms with Crippen molar-refractivity contribution in [3.8, 4) is 22.6 Å². The molecule has 5 heteroatoms. The largest absolute Gasteiger partial charge is 0.506 e. The van der Waals surface area contributed by atoms with E-state index in [0.29, 0.717) is 16.3 Å². The summed E-state index contributed by atoms with van der Waals surface area (Å²) < 4.78 is 5.58. The van der Waals surface area contributed by atoms with Crippen molar-refractivity contribution in [2.75, 3.05) is 0 Å². The number of rotatable bonds is 3. The summed E-state index contributed by atoms with van der Waals surface area (Å²) in [6, 6.07) is 4.85. The third-order valence-electron chi connectivity index (χ3n) is 2.43. The van der Waals surface area contributed by atoms with Crippen LogP contribution in [0.5, 0.6) is 11.5 Å². The van der Waals surface area contributed by atoms with Crippen LogP contribution in [-0.2, 0) is 0 Å². The van der Waals surface area contributed by atoms with E-state index in [1.807, 2.05) is 19.9 Å². The maximum atomic E-state index is 9.49. The lowest BCUT2D eigenvalue weighted by molar-refractivity contribution is 0.241. The van der Waals surface area contributed by atoms with E-state index in [0.717, 1.165) is 5.56 Å². The number of aromatic nitrogens is 1. The third kappa shape index (κ3) is 3.31. The van der Waals surface area contributed by atoms with Crippen LogP contribution in [0, 0.1) is 0 Å². The van der Waals surface area contributed by atoms with Crippen LogP contribution < -0.4 is 4.74 Å². The molecule has 1 N–H and O–H groups in total. The third-order valence-corrected chi connectivity index (χ3v) is 3.05. The molecule has 0 aliphatic carbocycles. The molecule has 0 bridgehead atoms. The molecule has 0 saturated heterocycles. The molecule has 0 radical (unpaired) electrons. The highest BCUT2D eigenvalue weighted by atomic mass is 35.5. The van der Waals surface area contributed by atoms with Crippen molar-refractivity contribution in [1.82, 2.24) is 4.98 Å². The molecule has 0 aliphatic heterocycles. The smallest absolute Gasteiger partial charge is 0.138 e. The van der Waals surface area contributed by atoms with Crippen LogP contribution in [0.2, 0.25) is 10.0 Å². The van der Waals surface area contributed by atoms with Gasteiger partial charge < -0.3 is 9.84 Å². The lowest BCUT2D eigenvalue weighted by Gasteiger charge is -2.11. The van der Waals surface area contributed by atoms with E-state index in [4.69, 9.17) is 27.9 Å². The molecule has 19 heavy (non-hydrogen) atoms. The molecule has 2 rings (SSSR count). The molecule has 1 aromatic heterocycles. The van der Waals surface area contributed by atoms with Crippen LogP contribution in [-0.4, -0.2) is 16.2 Å². The van der Waals surface area contributed by atoms with Crippen molar-refractivity contribution in [3.05, 3.63) is 40.6 Å². The normalized spacial score (nSPS) is 10.8. The fourth-order valence-electron chi connectivity index (χ4n) is 1.66. The molecule has 100 valence electrons. The van der Waals surface area contributed by atoms with E-state index in [-0.39, 0.29) is 16.9 Å². The monoisotopic (exact) mass is 297 g/mol.